The molecule has 0 atom stereocenters. The molecule has 0 aromatic heterocycles. The lowest BCUT2D eigenvalue weighted by Crippen LogP contribution is -2.24. The average molecular weight is 264 g/mol. The first-order valence-electron chi connectivity index (χ1n) is 5.72. The van der Waals surface area contributed by atoms with Gasteiger partial charge in [0.1, 0.15) is 0 Å². The quantitative estimate of drug-likeness (QED) is 0.371. The second kappa shape index (κ2) is 7.11. The third-order valence-corrected chi connectivity index (χ3v) is 2.44. The molecule has 6 heteroatoms. The highest BCUT2D eigenvalue weighted by molar-refractivity contribution is 5.94. The Hall–Kier alpha value is -2.42. The van der Waals surface area contributed by atoms with Gasteiger partial charge in [-0.25, -0.2) is 0 Å². The van der Waals surface area contributed by atoms with E-state index in [1.165, 1.54) is 6.07 Å². The van der Waals surface area contributed by atoms with E-state index < -0.39 is 22.3 Å². The number of nitrogens with zero attached hydrogens (tertiary/aromatic N) is 1. The van der Waals surface area contributed by atoms with Crippen molar-refractivity contribution in [1.29, 1.82) is 0 Å². The molecule has 1 aromatic rings. The van der Waals surface area contributed by atoms with Crippen LogP contribution in [0.25, 0.3) is 0 Å². The maximum atomic E-state index is 13.1. The van der Waals surface area contributed by atoms with Crippen LogP contribution in [0.1, 0.15) is 29.6 Å². The Kier molecular flexibility index (Phi) is 5.48. The maximum Gasteiger partial charge on any atom is 0.305 e. The standard InChI is InChI=1S/C13H13FN2O3/c1-2-3-4-5-8-15-13(17)10-6-7-11(14)12(9-10)16(18)19/h1,6-7,9H,3-5,8H2,(H,15,17). The van der Waals surface area contributed by atoms with Gasteiger partial charge >= 0.3 is 5.69 Å². The summed E-state index contributed by atoms with van der Waals surface area (Å²) >= 11 is 0. The number of carbonyl (C=O) groups is 1. The minimum absolute atomic E-state index is 0.0602. The number of unbranched alkanes of at least 4 members (excludes halogenated alkanes) is 2. The Morgan fingerprint density at radius 3 is 2.84 bits per heavy atom. The van der Waals surface area contributed by atoms with Gasteiger partial charge in [-0.1, -0.05) is 0 Å². The molecule has 100 valence electrons. The highest BCUT2D eigenvalue weighted by Gasteiger charge is 2.17. The molecule has 19 heavy (non-hydrogen) atoms. The van der Waals surface area contributed by atoms with Gasteiger partial charge in [-0.15, -0.1) is 12.3 Å². The number of benzene rings is 1. The van der Waals surface area contributed by atoms with Crippen LogP contribution >= 0.6 is 0 Å². The van der Waals surface area contributed by atoms with Gasteiger partial charge in [0, 0.05) is 24.6 Å². The smallest absolute Gasteiger partial charge is 0.305 e. The highest BCUT2D eigenvalue weighted by atomic mass is 19.1. The zero-order valence-electron chi connectivity index (χ0n) is 10.2. The highest BCUT2D eigenvalue weighted by Crippen LogP contribution is 2.18. The monoisotopic (exact) mass is 264 g/mol. The molecule has 0 fully saturated rings. The van der Waals surface area contributed by atoms with Crippen LogP contribution in [0.2, 0.25) is 0 Å². The fraction of sp³-hybridized carbons (Fsp3) is 0.308. The molecule has 0 saturated carbocycles. The van der Waals surface area contributed by atoms with E-state index in [4.69, 9.17) is 6.42 Å². The molecule has 0 radical (unpaired) electrons. The van der Waals surface area contributed by atoms with Gasteiger partial charge in [0.15, 0.2) is 0 Å². The Bertz CT molecular complexity index is 523. The topological polar surface area (TPSA) is 72.2 Å². The molecular weight excluding hydrogens is 251 g/mol. The third-order valence-electron chi connectivity index (χ3n) is 2.44. The lowest BCUT2D eigenvalue weighted by Gasteiger charge is -2.04. The van der Waals surface area contributed by atoms with E-state index >= 15 is 0 Å². The van der Waals surface area contributed by atoms with Crippen LogP contribution in [0.5, 0.6) is 0 Å². The minimum Gasteiger partial charge on any atom is -0.352 e. The predicted octanol–water partition coefficient (Wildman–Crippen LogP) is 2.27. The second-order valence-corrected chi connectivity index (χ2v) is 3.84. The molecule has 1 amide bonds. The zero-order valence-corrected chi connectivity index (χ0v) is 10.2. The van der Waals surface area contributed by atoms with Crippen LogP contribution in [0, 0.1) is 28.3 Å². The van der Waals surface area contributed by atoms with Gasteiger partial charge < -0.3 is 5.32 Å². The Morgan fingerprint density at radius 1 is 1.47 bits per heavy atom. The van der Waals surface area contributed by atoms with Gasteiger partial charge in [0.25, 0.3) is 5.91 Å². The van der Waals surface area contributed by atoms with Crippen LogP contribution < -0.4 is 5.32 Å². The summed E-state index contributed by atoms with van der Waals surface area (Å²) < 4.78 is 13.1. The number of rotatable bonds is 6. The summed E-state index contributed by atoms with van der Waals surface area (Å²) in [6.45, 7) is 0.422. The largest absolute Gasteiger partial charge is 0.352 e. The van der Waals surface area contributed by atoms with E-state index in [9.17, 15) is 19.3 Å². The fourth-order valence-electron chi connectivity index (χ4n) is 1.45. The van der Waals surface area contributed by atoms with Crippen LogP contribution in [0.4, 0.5) is 10.1 Å². The Labute approximate surface area is 110 Å². The summed E-state index contributed by atoms with van der Waals surface area (Å²) in [4.78, 5) is 21.3. The van der Waals surface area contributed by atoms with Gasteiger partial charge in [-0.2, -0.15) is 4.39 Å². The van der Waals surface area contributed by atoms with E-state index in [0.717, 1.165) is 25.0 Å². The molecule has 1 aromatic carbocycles. The summed E-state index contributed by atoms with van der Waals surface area (Å²) in [6.07, 6.45) is 7.23. The first kappa shape index (κ1) is 14.6. The van der Waals surface area contributed by atoms with Crippen molar-refractivity contribution in [2.45, 2.75) is 19.3 Å². The molecule has 0 heterocycles. The molecular formula is C13H13FN2O3. The van der Waals surface area contributed by atoms with Crippen molar-refractivity contribution in [3.63, 3.8) is 0 Å². The molecule has 0 bridgehead atoms. The lowest BCUT2D eigenvalue weighted by molar-refractivity contribution is -0.387. The number of carbonyl (C=O) groups excluding carboxylic acids is 1. The van der Waals surface area contributed by atoms with Crippen molar-refractivity contribution in [3.8, 4) is 12.3 Å². The number of nitro benzene ring substituents is 1. The number of hydrogen-bond donors (Lipinski definition) is 1. The molecule has 0 aliphatic rings. The first-order chi connectivity index (χ1) is 9.06. The summed E-state index contributed by atoms with van der Waals surface area (Å²) in [6, 6.07) is 3.04. The van der Waals surface area contributed by atoms with E-state index in [-0.39, 0.29) is 5.56 Å². The van der Waals surface area contributed by atoms with Crippen LogP contribution in [-0.4, -0.2) is 17.4 Å². The number of halogens is 1. The third kappa shape index (κ3) is 4.39. The van der Waals surface area contributed by atoms with Crippen molar-refractivity contribution >= 4 is 11.6 Å². The van der Waals surface area contributed by atoms with E-state index in [2.05, 4.69) is 11.2 Å². The number of hydrogen-bond acceptors (Lipinski definition) is 3. The van der Waals surface area contributed by atoms with Gasteiger partial charge in [-0.05, 0) is 25.0 Å². The molecule has 0 spiro atoms. The normalized spacial score (nSPS) is 9.68. The number of amides is 1. The molecule has 0 unspecified atom stereocenters. The van der Waals surface area contributed by atoms with Crippen molar-refractivity contribution in [1.82, 2.24) is 5.32 Å². The van der Waals surface area contributed by atoms with E-state index in [1.807, 2.05) is 0 Å². The number of nitro groups is 1. The summed E-state index contributed by atoms with van der Waals surface area (Å²) in [5.41, 5.74) is -0.648. The molecule has 0 aliphatic heterocycles. The van der Waals surface area contributed by atoms with E-state index in [1.54, 1.807) is 0 Å². The zero-order chi connectivity index (χ0) is 14.3. The van der Waals surface area contributed by atoms with Crippen molar-refractivity contribution in [2.24, 2.45) is 0 Å². The second-order valence-electron chi connectivity index (χ2n) is 3.84. The molecule has 1 rings (SSSR count). The van der Waals surface area contributed by atoms with Gasteiger partial charge in [0.2, 0.25) is 5.82 Å². The van der Waals surface area contributed by atoms with Gasteiger partial charge in [-0.3, -0.25) is 14.9 Å². The van der Waals surface area contributed by atoms with Crippen LogP contribution in [-0.2, 0) is 0 Å². The number of terminal acetylenes is 1. The fourth-order valence-corrected chi connectivity index (χ4v) is 1.45. The van der Waals surface area contributed by atoms with Crippen molar-refractivity contribution in [3.05, 3.63) is 39.7 Å². The lowest BCUT2D eigenvalue weighted by atomic mass is 10.1. The first-order valence-corrected chi connectivity index (χ1v) is 5.72. The molecule has 5 nitrogen and oxygen atoms in total. The SMILES string of the molecule is C#CCCCCNC(=O)c1ccc(F)c([N+](=O)[O-])c1. The van der Waals surface area contributed by atoms with Crippen molar-refractivity contribution in [2.75, 3.05) is 6.54 Å². The average Bonchev–Trinajstić information content (AvgIpc) is 2.38. The maximum absolute atomic E-state index is 13.1. The summed E-state index contributed by atoms with van der Waals surface area (Å²) in [7, 11) is 0. The Morgan fingerprint density at radius 2 is 2.21 bits per heavy atom. The van der Waals surface area contributed by atoms with Crippen LogP contribution in [0.3, 0.4) is 0 Å². The molecule has 0 saturated heterocycles. The Balaban J connectivity index is 2.60. The minimum atomic E-state index is -0.962. The van der Waals surface area contributed by atoms with Crippen LogP contribution in [0.15, 0.2) is 18.2 Å². The number of nitrogens with one attached hydrogen (secondary N) is 1. The molecule has 0 aliphatic carbocycles. The van der Waals surface area contributed by atoms with E-state index in [0.29, 0.717) is 13.0 Å². The molecule has 1 N–H and O–H groups in total. The predicted molar refractivity (Wildman–Crippen MR) is 68.1 cm³/mol. The summed E-state index contributed by atoms with van der Waals surface area (Å²) in [5.74, 6) is 1.05. The van der Waals surface area contributed by atoms with Crippen molar-refractivity contribution < 1.29 is 14.1 Å². The summed E-state index contributed by atoms with van der Waals surface area (Å²) in [5, 5.41) is 13.1. The van der Waals surface area contributed by atoms with Gasteiger partial charge in [0.05, 0.1) is 4.92 Å².